The summed E-state index contributed by atoms with van der Waals surface area (Å²) in [5.41, 5.74) is 3.81. The molecular formula is C19H18O4. The van der Waals surface area contributed by atoms with Crippen molar-refractivity contribution >= 4 is 16.9 Å². The number of esters is 1. The van der Waals surface area contributed by atoms with Gasteiger partial charge in [-0.3, -0.25) is 0 Å². The highest BCUT2D eigenvalue weighted by Gasteiger charge is 2.35. The van der Waals surface area contributed by atoms with Crippen LogP contribution in [0.3, 0.4) is 0 Å². The minimum Gasteiger partial charge on any atom is -0.466 e. The molecule has 4 heteroatoms. The fourth-order valence-corrected chi connectivity index (χ4v) is 4.09. The summed E-state index contributed by atoms with van der Waals surface area (Å²) >= 11 is 0. The number of rotatable bonds is 1. The van der Waals surface area contributed by atoms with Gasteiger partial charge < -0.3 is 9.15 Å². The summed E-state index contributed by atoms with van der Waals surface area (Å²) in [7, 11) is 1.39. The van der Waals surface area contributed by atoms with Gasteiger partial charge in [-0.15, -0.1) is 0 Å². The fraction of sp³-hybridized carbons (Fsp3) is 0.368. The number of benzene rings is 1. The second-order valence-corrected chi connectivity index (χ2v) is 6.25. The first-order valence-corrected chi connectivity index (χ1v) is 8.05. The third-order valence-corrected chi connectivity index (χ3v) is 5.08. The Balaban J connectivity index is 2.01. The van der Waals surface area contributed by atoms with Crippen LogP contribution in [0.25, 0.3) is 11.0 Å². The third-order valence-electron chi connectivity index (χ3n) is 5.08. The lowest BCUT2D eigenvalue weighted by molar-refractivity contribution is -0.136. The van der Waals surface area contributed by atoms with E-state index in [2.05, 4.69) is 0 Å². The van der Waals surface area contributed by atoms with E-state index in [-0.39, 0.29) is 17.5 Å². The number of allylic oxidation sites excluding steroid dienone is 1. The summed E-state index contributed by atoms with van der Waals surface area (Å²) in [6.45, 7) is 0. The van der Waals surface area contributed by atoms with E-state index in [4.69, 9.17) is 9.15 Å². The maximum absolute atomic E-state index is 12.5. The minimum atomic E-state index is -0.329. The number of hydrogen-bond acceptors (Lipinski definition) is 4. The molecule has 2 aliphatic carbocycles. The van der Waals surface area contributed by atoms with Crippen LogP contribution in [0.15, 0.2) is 44.6 Å². The number of carbonyl (C=O) groups is 1. The Bertz CT molecular complexity index is 888. The summed E-state index contributed by atoms with van der Waals surface area (Å²) in [6, 6.07) is 7.67. The van der Waals surface area contributed by atoms with Gasteiger partial charge in [-0.2, -0.15) is 0 Å². The maximum atomic E-state index is 12.5. The lowest BCUT2D eigenvalue weighted by atomic mass is 9.71. The number of hydrogen-bond donors (Lipinski definition) is 0. The van der Waals surface area contributed by atoms with E-state index < -0.39 is 0 Å². The third kappa shape index (κ3) is 2.12. The summed E-state index contributed by atoms with van der Waals surface area (Å²) in [6.07, 6.45) is 4.39. The SMILES string of the molecule is COC(=O)C1=C2CCCC[C@H]2c2c(c(=O)oc3ccccc23)C1. The average Bonchev–Trinajstić information content (AvgIpc) is 2.60. The Morgan fingerprint density at radius 1 is 1.26 bits per heavy atom. The van der Waals surface area contributed by atoms with Crippen LogP contribution in [0.2, 0.25) is 0 Å². The van der Waals surface area contributed by atoms with Crippen LogP contribution in [0.5, 0.6) is 0 Å². The number of ether oxygens (including phenoxy) is 1. The molecule has 4 rings (SSSR count). The highest BCUT2D eigenvalue weighted by molar-refractivity contribution is 5.92. The van der Waals surface area contributed by atoms with Gasteiger partial charge in [-0.25, -0.2) is 9.59 Å². The molecule has 1 atom stereocenters. The molecule has 1 aromatic carbocycles. The van der Waals surface area contributed by atoms with Crippen LogP contribution in [0.4, 0.5) is 0 Å². The Hall–Kier alpha value is -2.36. The zero-order chi connectivity index (χ0) is 16.0. The van der Waals surface area contributed by atoms with Gasteiger partial charge in [0.1, 0.15) is 5.58 Å². The largest absolute Gasteiger partial charge is 0.466 e. The van der Waals surface area contributed by atoms with E-state index in [1.54, 1.807) is 0 Å². The van der Waals surface area contributed by atoms with Crippen LogP contribution in [-0.2, 0) is 16.0 Å². The van der Waals surface area contributed by atoms with Gasteiger partial charge >= 0.3 is 11.6 Å². The summed E-state index contributed by atoms with van der Waals surface area (Å²) in [4.78, 5) is 24.7. The van der Waals surface area contributed by atoms with Crippen LogP contribution in [0.1, 0.15) is 42.7 Å². The fourth-order valence-electron chi connectivity index (χ4n) is 4.09. The Morgan fingerprint density at radius 3 is 2.91 bits per heavy atom. The van der Waals surface area contributed by atoms with E-state index in [1.165, 1.54) is 7.11 Å². The molecular weight excluding hydrogens is 292 g/mol. The minimum absolute atomic E-state index is 0.135. The van der Waals surface area contributed by atoms with Crippen molar-refractivity contribution in [3.8, 4) is 0 Å². The van der Waals surface area contributed by atoms with Crippen molar-refractivity contribution in [3.63, 3.8) is 0 Å². The number of fused-ring (bicyclic) bond motifs is 5. The lowest BCUT2D eigenvalue weighted by Crippen LogP contribution is -2.27. The van der Waals surface area contributed by atoms with Gasteiger partial charge in [-0.1, -0.05) is 30.2 Å². The number of carbonyl (C=O) groups excluding carboxylic acids is 1. The smallest absolute Gasteiger partial charge is 0.340 e. The average molecular weight is 310 g/mol. The van der Waals surface area contributed by atoms with Gasteiger partial charge in [0.25, 0.3) is 0 Å². The van der Waals surface area contributed by atoms with Gasteiger partial charge in [0.2, 0.25) is 0 Å². The van der Waals surface area contributed by atoms with Gasteiger partial charge in [0, 0.05) is 28.9 Å². The molecule has 2 aromatic rings. The molecule has 1 heterocycles. The maximum Gasteiger partial charge on any atom is 0.340 e. The molecule has 0 N–H and O–H groups in total. The van der Waals surface area contributed by atoms with Crippen molar-refractivity contribution in [2.24, 2.45) is 0 Å². The standard InChI is InChI=1S/C19H18O4/c1-22-18(20)14-10-15-17(12-7-3-2-6-11(12)14)13-8-4-5-9-16(13)23-19(15)21/h4-5,8-9,12H,2-3,6-7,10H2,1H3/t12-/m1/s1. The number of para-hydroxylation sites is 1. The predicted molar refractivity (Wildman–Crippen MR) is 86.4 cm³/mol. The molecule has 0 saturated heterocycles. The van der Waals surface area contributed by atoms with Gasteiger partial charge in [-0.05, 0) is 30.9 Å². The normalized spacial score (nSPS) is 20.1. The zero-order valence-electron chi connectivity index (χ0n) is 13.1. The topological polar surface area (TPSA) is 56.5 Å². The van der Waals surface area contributed by atoms with Crippen LogP contribution >= 0.6 is 0 Å². The summed E-state index contributed by atoms with van der Waals surface area (Å²) < 4.78 is 10.4. The molecule has 1 aromatic heterocycles. The Kier molecular flexibility index (Phi) is 3.33. The lowest BCUT2D eigenvalue weighted by Gasteiger charge is -2.33. The predicted octanol–water partition coefficient (Wildman–Crippen LogP) is 3.48. The molecule has 2 aliphatic rings. The molecule has 0 unspecified atom stereocenters. The molecule has 0 amide bonds. The highest BCUT2D eigenvalue weighted by Crippen LogP contribution is 2.46. The molecule has 23 heavy (non-hydrogen) atoms. The Morgan fingerprint density at radius 2 is 2.09 bits per heavy atom. The number of methoxy groups -OCH3 is 1. The van der Waals surface area contributed by atoms with Gasteiger partial charge in [0.05, 0.1) is 7.11 Å². The summed E-state index contributed by atoms with van der Waals surface area (Å²) in [5.74, 6) is -0.180. The molecule has 0 radical (unpaired) electrons. The van der Waals surface area contributed by atoms with Crippen molar-refractivity contribution in [3.05, 3.63) is 57.0 Å². The van der Waals surface area contributed by atoms with Crippen LogP contribution in [-0.4, -0.2) is 13.1 Å². The quantitative estimate of drug-likeness (QED) is 0.598. The molecule has 1 saturated carbocycles. The Labute approximate surface area is 133 Å². The van der Waals surface area contributed by atoms with Crippen molar-refractivity contribution in [1.82, 2.24) is 0 Å². The highest BCUT2D eigenvalue weighted by atomic mass is 16.5. The first kappa shape index (κ1) is 14.2. The first-order valence-electron chi connectivity index (χ1n) is 8.05. The molecule has 118 valence electrons. The molecule has 0 spiro atoms. The monoisotopic (exact) mass is 310 g/mol. The zero-order valence-corrected chi connectivity index (χ0v) is 13.1. The van der Waals surface area contributed by atoms with Crippen molar-refractivity contribution in [2.75, 3.05) is 7.11 Å². The second-order valence-electron chi connectivity index (χ2n) is 6.25. The van der Waals surface area contributed by atoms with E-state index in [0.29, 0.717) is 23.1 Å². The van der Waals surface area contributed by atoms with E-state index in [0.717, 1.165) is 42.2 Å². The molecule has 0 bridgehead atoms. The van der Waals surface area contributed by atoms with Crippen LogP contribution in [0, 0.1) is 0 Å². The molecule has 4 nitrogen and oxygen atoms in total. The van der Waals surface area contributed by atoms with Gasteiger partial charge in [0.15, 0.2) is 0 Å². The summed E-state index contributed by atoms with van der Waals surface area (Å²) in [5, 5.41) is 0.996. The molecule has 1 fully saturated rings. The van der Waals surface area contributed by atoms with E-state index in [9.17, 15) is 9.59 Å². The first-order chi connectivity index (χ1) is 11.2. The van der Waals surface area contributed by atoms with Crippen molar-refractivity contribution in [1.29, 1.82) is 0 Å². The second kappa shape index (κ2) is 5.37. The van der Waals surface area contributed by atoms with Crippen LogP contribution < -0.4 is 5.63 Å². The van der Waals surface area contributed by atoms with Crippen molar-refractivity contribution in [2.45, 2.75) is 38.0 Å². The molecule has 0 aliphatic heterocycles. The van der Waals surface area contributed by atoms with E-state index >= 15 is 0 Å². The van der Waals surface area contributed by atoms with Crippen molar-refractivity contribution < 1.29 is 13.9 Å². The van der Waals surface area contributed by atoms with E-state index in [1.807, 2.05) is 24.3 Å².